The minimum atomic E-state index is -3.14. The summed E-state index contributed by atoms with van der Waals surface area (Å²) >= 11 is 1.51. The number of fused-ring (bicyclic) bond motifs is 1. The lowest BCUT2D eigenvalue weighted by molar-refractivity contribution is 0.100. The van der Waals surface area contributed by atoms with Gasteiger partial charge in [0, 0.05) is 21.7 Å². The van der Waals surface area contributed by atoms with Crippen LogP contribution in [0.25, 0.3) is 21.3 Å². The molecule has 2 unspecified atom stereocenters. The van der Waals surface area contributed by atoms with Crippen molar-refractivity contribution in [2.45, 2.75) is 72.5 Å². The highest BCUT2D eigenvalue weighted by Crippen LogP contribution is 2.43. The number of carbonyl (C=O) groups excluding carboxylic acids is 1. The Morgan fingerprint density at radius 3 is 2.59 bits per heavy atom. The van der Waals surface area contributed by atoms with E-state index in [0.29, 0.717) is 23.9 Å². The molecule has 2 fully saturated rings. The molecule has 3 heterocycles. The highest BCUT2D eigenvalue weighted by atomic mass is 32.2. The highest BCUT2D eigenvalue weighted by Gasteiger charge is 2.41. The quantitative estimate of drug-likeness (QED) is 0.489. The summed E-state index contributed by atoms with van der Waals surface area (Å²) in [5, 5.41) is 1.13. The molecule has 9 heteroatoms. The van der Waals surface area contributed by atoms with Gasteiger partial charge in [0.2, 0.25) is 0 Å². The molecule has 3 aromatic rings. The van der Waals surface area contributed by atoms with E-state index in [2.05, 4.69) is 11.1 Å². The van der Waals surface area contributed by atoms with Gasteiger partial charge in [0.25, 0.3) is 5.91 Å². The van der Waals surface area contributed by atoms with E-state index in [1.54, 1.807) is 19.9 Å². The molecule has 2 aromatic heterocycles. The minimum absolute atomic E-state index is 0.0667. The average Bonchev–Trinajstić information content (AvgIpc) is 3.54. The topological polar surface area (TPSA) is 110 Å². The molecule has 0 spiro atoms. The van der Waals surface area contributed by atoms with Crippen LogP contribution in [-0.4, -0.2) is 39.3 Å². The van der Waals surface area contributed by atoms with Crippen LogP contribution < -0.4 is 5.73 Å². The molecule has 5 rings (SSSR count). The average molecular weight is 519 g/mol. The lowest BCUT2D eigenvalue weighted by Crippen LogP contribution is -2.40. The number of benzene rings is 1. The standard InChI is InChI=1S/C25H30N2O4S3/c1-25(2)13-15(9-10-34(25,30)31)20-14-27-23-18(20)11-16(12-19(23)24(26)28)21-7-8-22(32-21)33(29)17-5-3-4-6-17/h7-8,11-12,14-15,17,27H,3-6,9-10,13H2,1-2H3,(H2,26,28). The Hall–Kier alpha value is -1.97. The molecule has 2 aliphatic rings. The number of nitrogens with one attached hydrogen (secondary N) is 1. The van der Waals surface area contributed by atoms with Crippen LogP contribution in [0.3, 0.4) is 0 Å². The molecule has 34 heavy (non-hydrogen) atoms. The van der Waals surface area contributed by atoms with Crippen molar-refractivity contribution in [3.8, 4) is 10.4 Å². The van der Waals surface area contributed by atoms with Gasteiger partial charge < -0.3 is 10.7 Å². The first-order valence-electron chi connectivity index (χ1n) is 11.8. The fourth-order valence-corrected chi connectivity index (χ4v) is 10.1. The van der Waals surface area contributed by atoms with E-state index in [-0.39, 0.29) is 16.9 Å². The van der Waals surface area contributed by atoms with Crippen LogP contribution in [0, 0.1) is 0 Å². The zero-order valence-electron chi connectivity index (χ0n) is 19.4. The van der Waals surface area contributed by atoms with Crippen LogP contribution in [0.15, 0.2) is 34.7 Å². The molecule has 1 aromatic carbocycles. The van der Waals surface area contributed by atoms with Gasteiger partial charge in [-0.05, 0) is 80.8 Å². The van der Waals surface area contributed by atoms with E-state index >= 15 is 0 Å². The summed E-state index contributed by atoms with van der Waals surface area (Å²) in [5.41, 5.74) is 8.73. The monoisotopic (exact) mass is 518 g/mol. The SMILES string of the molecule is CC1(C)CC(c2c[nH]c3c(C(N)=O)cc(-c4ccc(S(=O)C5CCCC5)s4)cc23)CCS1(=O)=O. The summed E-state index contributed by atoms with van der Waals surface area (Å²) in [4.78, 5) is 16.5. The predicted molar refractivity (Wildman–Crippen MR) is 139 cm³/mol. The van der Waals surface area contributed by atoms with Gasteiger partial charge in [-0.15, -0.1) is 11.3 Å². The van der Waals surface area contributed by atoms with Gasteiger partial charge in [-0.3, -0.25) is 9.00 Å². The summed E-state index contributed by atoms with van der Waals surface area (Å²) < 4.78 is 38.1. The first kappa shape index (κ1) is 23.8. The van der Waals surface area contributed by atoms with Crippen LogP contribution >= 0.6 is 11.3 Å². The van der Waals surface area contributed by atoms with Crippen molar-refractivity contribution in [1.82, 2.24) is 4.98 Å². The number of amides is 1. The van der Waals surface area contributed by atoms with Crippen molar-refractivity contribution in [3.05, 3.63) is 41.6 Å². The summed E-state index contributed by atoms with van der Waals surface area (Å²) in [5.74, 6) is -0.295. The Kier molecular flexibility index (Phi) is 6.01. The van der Waals surface area contributed by atoms with Crippen molar-refractivity contribution >= 4 is 48.8 Å². The van der Waals surface area contributed by atoms with Crippen molar-refractivity contribution in [1.29, 1.82) is 0 Å². The first-order chi connectivity index (χ1) is 16.1. The number of nitrogens with two attached hydrogens (primary N) is 1. The fourth-order valence-electron chi connectivity index (χ4n) is 5.44. The van der Waals surface area contributed by atoms with Crippen LogP contribution in [0.4, 0.5) is 0 Å². The maximum Gasteiger partial charge on any atom is 0.250 e. The third-order valence-electron chi connectivity index (χ3n) is 7.51. The smallest absolute Gasteiger partial charge is 0.250 e. The maximum absolute atomic E-state index is 13.0. The Labute approximate surface area is 206 Å². The molecule has 3 N–H and O–H groups in total. The summed E-state index contributed by atoms with van der Waals surface area (Å²) in [7, 11) is -4.14. The molecule has 1 saturated carbocycles. The number of carbonyl (C=O) groups is 1. The van der Waals surface area contributed by atoms with E-state index in [0.717, 1.165) is 51.3 Å². The molecule has 0 radical (unpaired) electrons. The molecule has 1 saturated heterocycles. The van der Waals surface area contributed by atoms with Crippen LogP contribution in [-0.2, 0) is 20.6 Å². The number of hydrogen-bond acceptors (Lipinski definition) is 5. The van der Waals surface area contributed by atoms with Gasteiger partial charge >= 0.3 is 0 Å². The van der Waals surface area contributed by atoms with Crippen molar-refractivity contribution in [2.75, 3.05) is 5.75 Å². The molecule has 2 atom stereocenters. The zero-order valence-corrected chi connectivity index (χ0v) is 21.9. The van der Waals surface area contributed by atoms with E-state index in [1.165, 1.54) is 11.3 Å². The number of aromatic nitrogens is 1. The molecule has 1 aliphatic heterocycles. The third-order valence-corrected chi connectivity index (χ3v) is 13.4. The number of thiophene rings is 1. The van der Waals surface area contributed by atoms with E-state index in [9.17, 15) is 17.4 Å². The van der Waals surface area contributed by atoms with Crippen LogP contribution in [0.1, 0.15) is 74.2 Å². The molecule has 1 aliphatic carbocycles. The maximum atomic E-state index is 13.0. The fraction of sp³-hybridized carbons (Fsp3) is 0.480. The lowest BCUT2D eigenvalue weighted by Gasteiger charge is -2.34. The Morgan fingerprint density at radius 1 is 1.18 bits per heavy atom. The second-order valence-corrected chi connectivity index (χ2v) is 15.9. The van der Waals surface area contributed by atoms with Gasteiger partial charge in [-0.2, -0.15) is 0 Å². The largest absolute Gasteiger partial charge is 0.366 e. The lowest BCUT2D eigenvalue weighted by atomic mass is 9.86. The summed E-state index contributed by atoms with van der Waals surface area (Å²) in [6.07, 6.45) is 7.29. The number of rotatable bonds is 5. The molecule has 1 amide bonds. The van der Waals surface area contributed by atoms with Gasteiger partial charge in [0.1, 0.15) is 0 Å². The molecular formula is C25H30N2O4S3. The third kappa shape index (κ3) is 4.05. The second-order valence-electron chi connectivity index (χ2n) is 10.1. The number of hydrogen-bond donors (Lipinski definition) is 2. The molecular weight excluding hydrogens is 488 g/mol. The van der Waals surface area contributed by atoms with Crippen molar-refractivity contribution < 1.29 is 17.4 Å². The van der Waals surface area contributed by atoms with Gasteiger partial charge in [-0.25, -0.2) is 8.42 Å². The number of aromatic amines is 1. The Balaban J connectivity index is 1.56. The zero-order chi connectivity index (χ0) is 24.3. The van der Waals surface area contributed by atoms with E-state index in [1.807, 2.05) is 18.3 Å². The Bertz CT molecular complexity index is 1390. The molecule has 6 nitrogen and oxygen atoms in total. The van der Waals surface area contributed by atoms with Gasteiger partial charge in [-0.1, -0.05) is 12.8 Å². The predicted octanol–water partition coefficient (Wildman–Crippen LogP) is 5.12. The molecule has 182 valence electrons. The summed E-state index contributed by atoms with van der Waals surface area (Å²) in [6.45, 7) is 3.59. The van der Waals surface area contributed by atoms with E-state index < -0.39 is 31.3 Å². The van der Waals surface area contributed by atoms with Gasteiger partial charge in [0.15, 0.2) is 9.84 Å². The van der Waals surface area contributed by atoms with Crippen molar-refractivity contribution in [2.24, 2.45) is 5.73 Å². The first-order valence-corrected chi connectivity index (χ1v) is 15.4. The number of primary amides is 1. The normalized spacial score (nSPS) is 23.3. The van der Waals surface area contributed by atoms with E-state index in [4.69, 9.17) is 5.73 Å². The number of H-pyrrole nitrogens is 1. The highest BCUT2D eigenvalue weighted by molar-refractivity contribution is 7.92. The number of sulfone groups is 1. The second kappa shape index (κ2) is 8.60. The Morgan fingerprint density at radius 2 is 1.91 bits per heavy atom. The van der Waals surface area contributed by atoms with Crippen LogP contribution in [0.5, 0.6) is 0 Å². The minimum Gasteiger partial charge on any atom is -0.366 e. The molecule has 0 bridgehead atoms. The summed E-state index contributed by atoms with van der Waals surface area (Å²) in [6, 6.07) is 7.77. The van der Waals surface area contributed by atoms with Gasteiger partial charge in [0.05, 0.1) is 36.6 Å². The van der Waals surface area contributed by atoms with Crippen molar-refractivity contribution in [3.63, 3.8) is 0 Å². The van der Waals surface area contributed by atoms with Crippen LogP contribution in [0.2, 0.25) is 0 Å².